The number of benzene rings is 1. The fourth-order valence-corrected chi connectivity index (χ4v) is 1.38. The topological polar surface area (TPSA) is 78.6 Å². The van der Waals surface area contributed by atoms with E-state index in [1.807, 2.05) is 0 Å². The first-order chi connectivity index (χ1) is 8.12. The number of carbonyl (C=O) groups excluding carboxylic acids is 2. The summed E-state index contributed by atoms with van der Waals surface area (Å²) in [4.78, 5) is 21.4. The highest BCUT2D eigenvalue weighted by Gasteiger charge is 2.10. The summed E-state index contributed by atoms with van der Waals surface area (Å²) in [6, 6.07) is 3.13. The molecule has 0 spiro atoms. The molecule has 0 saturated carbocycles. The Labute approximate surface area is 98.8 Å². The predicted molar refractivity (Wildman–Crippen MR) is 63.2 cm³/mol. The molecule has 0 heterocycles. The van der Waals surface area contributed by atoms with Crippen molar-refractivity contribution in [1.82, 2.24) is 0 Å². The molecule has 0 atom stereocenters. The third-order valence-corrected chi connectivity index (χ3v) is 2.09. The molecule has 1 amide bonds. The lowest BCUT2D eigenvalue weighted by Crippen LogP contribution is -2.05. The quantitative estimate of drug-likeness (QED) is 0.610. The van der Waals surface area contributed by atoms with Gasteiger partial charge in [-0.3, -0.25) is 9.59 Å². The molecular formula is C12H13NO4. The zero-order valence-electron chi connectivity index (χ0n) is 9.60. The molecule has 0 aromatic heterocycles. The van der Waals surface area contributed by atoms with Crippen molar-refractivity contribution in [3.05, 3.63) is 29.3 Å². The Balaban J connectivity index is 3.33. The smallest absolute Gasteiger partial charge is 0.241 e. The van der Waals surface area contributed by atoms with Crippen molar-refractivity contribution in [2.45, 2.75) is 0 Å². The molecule has 1 aromatic carbocycles. The Morgan fingerprint density at radius 3 is 2.47 bits per heavy atom. The van der Waals surface area contributed by atoms with Gasteiger partial charge in [-0.1, -0.05) is 0 Å². The molecule has 0 aliphatic rings. The number of methoxy groups -OCH3 is 2. The molecule has 1 rings (SSSR count). The highest BCUT2D eigenvalue weighted by Crippen LogP contribution is 2.33. The lowest BCUT2D eigenvalue weighted by Gasteiger charge is -2.11. The fourth-order valence-electron chi connectivity index (χ4n) is 1.38. The summed E-state index contributed by atoms with van der Waals surface area (Å²) in [7, 11) is 2.94. The molecule has 17 heavy (non-hydrogen) atoms. The number of ether oxygens (including phenoxy) is 2. The van der Waals surface area contributed by atoms with Gasteiger partial charge in [0.2, 0.25) is 5.91 Å². The minimum atomic E-state index is -0.581. The number of amides is 1. The largest absolute Gasteiger partial charge is 0.493 e. The molecule has 0 fully saturated rings. The van der Waals surface area contributed by atoms with Crippen LogP contribution in [0.1, 0.15) is 15.9 Å². The second-order valence-corrected chi connectivity index (χ2v) is 3.20. The van der Waals surface area contributed by atoms with Crippen molar-refractivity contribution < 1.29 is 19.1 Å². The van der Waals surface area contributed by atoms with Crippen LogP contribution in [-0.2, 0) is 4.79 Å². The van der Waals surface area contributed by atoms with E-state index in [0.717, 1.165) is 0 Å². The van der Waals surface area contributed by atoms with Crippen LogP contribution in [0.5, 0.6) is 11.5 Å². The maximum Gasteiger partial charge on any atom is 0.241 e. The van der Waals surface area contributed by atoms with E-state index >= 15 is 0 Å². The average Bonchev–Trinajstić information content (AvgIpc) is 2.34. The summed E-state index contributed by atoms with van der Waals surface area (Å²) >= 11 is 0. The van der Waals surface area contributed by atoms with Gasteiger partial charge >= 0.3 is 0 Å². The Hall–Kier alpha value is -2.30. The van der Waals surface area contributed by atoms with E-state index < -0.39 is 5.91 Å². The second-order valence-electron chi connectivity index (χ2n) is 3.20. The first-order valence-corrected chi connectivity index (χ1v) is 4.81. The monoisotopic (exact) mass is 235 g/mol. The minimum absolute atomic E-state index is 0.418. The number of nitrogens with two attached hydrogens (primary N) is 1. The van der Waals surface area contributed by atoms with Crippen molar-refractivity contribution in [2.24, 2.45) is 5.73 Å². The van der Waals surface area contributed by atoms with Crippen molar-refractivity contribution in [3.8, 4) is 11.5 Å². The predicted octanol–water partition coefficient (Wildman–Crippen LogP) is 1.01. The van der Waals surface area contributed by atoms with Gasteiger partial charge in [0.25, 0.3) is 0 Å². The Morgan fingerprint density at radius 1 is 1.29 bits per heavy atom. The normalized spacial score (nSPS) is 10.2. The minimum Gasteiger partial charge on any atom is -0.493 e. The Kier molecular flexibility index (Phi) is 4.28. The molecule has 2 N–H and O–H groups in total. The lowest BCUT2D eigenvalue weighted by atomic mass is 10.1. The van der Waals surface area contributed by atoms with Crippen LogP contribution in [0.2, 0.25) is 0 Å². The van der Waals surface area contributed by atoms with E-state index in [2.05, 4.69) is 0 Å². The fraction of sp³-hybridized carbons (Fsp3) is 0.167. The number of hydrogen-bond acceptors (Lipinski definition) is 4. The number of hydrogen-bond donors (Lipinski definition) is 1. The SMILES string of the molecule is COc1cc(C=O)cc(C=CC(N)=O)c1OC. The molecule has 0 radical (unpaired) electrons. The maximum atomic E-state index is 10.8. The Morgan fingerprint density at radius 2 is 2.00 bits per heavy atom. The molecule has 0 saturated heterocycles. The first kappa shape index (κ1) is 12.8. The van der Waals surface area contributed by atoms with Gasteiger partial charge in [0.15, 0.2) is 11.5 Å². The van der Waals surface area contributed by atoms with Gasteiger partial charge in [-0.15, -0.1) is 0 Å². The summed E-state index contributed by atoms with van der Waals surface area (Å²) in [6.45, 7) is 0. The number of carbonyl (C=O) groups is 2. The van der Waals surface area contributed by atoms with Crippen LogP contribution in [0.25, 0.3) is 6.08 Å². The van der Waals surface area contributed by atoms with E-state index in [4.69, 9.17) is 15.2 Å². The molecule has 0 aliphatic heterocycles. The van der Waals surface area contributed by atoms with E-state index in [0.29, 0.717) is 28.9 Å². The Bertz CT molecular complexity index is 466. The zero-order valence-corrected chi connectivity index (χ0v) is 9.60. The molecular weight excluding hydrogens is 222 g/mol. The van der Waals surface area contributed by atoms with Crippen LogP contribution in [0, 0.1) is 0 Å². The van der Waals surface area contributed by atoms with Gasteiger partial charge in [-0.05, 0) is 18.2 Å². The molecule has 1 aromatic rings. The standard InChI is InChI=1S/C12H13NO4/c1-16-10-6-8(7-14)5-9(12(10)17-2)3-4-11(13)15/h3-7H,1-2H3,(H2,13,15). The summed E-state index contributed by atoms with van der Waals surface area (Å²) in [5, 5.41) is 0. The number of aldehydes is 1. The van der Waals surface area contributed by atoms with Crippen molar-refractivity contribution in [1.29, 1.82) is 0 Å². The van der Waals surface area contributed by atoms with Gasteiger partial charge in [0.1, 0.15) is 6.29 Å². The van der Waals surface area contributed by atoms with Crippen LogP contribution in [0.3, 0.4) is 0 Å². The summed E-state index contributed by atoms with van der Waals surface area (Å²) < 4.78 is 10.2. The molecule has 5 heteroatoms. The summed E-state index contributed by atoms with van der Waals surface area (Å²) in [5.41, 5.74) is 5.98. The van der Waals surface area contributed by atoms with Crippen LogP contribution in [-0.4, -0.2) is 26.4 Å². The van der Waals surface area contributed by atoms with Crippen LogP contribution in [0.15, 0.2) is 18.2 Å². The molecule has 0 aliphatic carbocycles. The van der Waals surface area contributed by atoms with E-state index in [9.17, 15) is 9.59 Å². The van der Waals surface area contributed by atoms with E-state index in [-0.39, 0.29) is 0 Å². The third-order valence-electron chi connectivity index (χ3n) is 2.09. The second kappa shape index (κ2) is 5.69. The lowest BCUT2D eigenvalue weighted by molar-refractivity contribution is -0.113. The molecule has 0 unspecified atom stereocenters. The first-order valence-electron chi connectivity index (χ1n) is 4.81. The molecule has 90 valence electrons. The number of rotatable bonds is 5. The van der Waals surface area contributed by atoms with E-state index in [1.54, 1.807) is 12.1 Å². The van der Waals surface area contributed by atoms with Gasteiger partial charge in [-0.25, -0.2) is 0 Å². The highest BCUT2D eigenvalue weighted by molar-refractivity contribution is 5.91. The average molecular weight is 235 g/mol. The van der Waals surface area contributed by atoms with Gasteiger partial charge < -0.3 is 15.2 Å². The van der Waals surface area contributed by atoms with Crippen LogP contribution >= 0.6 is 0 Å². The van der Waals surface area contributed by atoms with E-state index in [1.165, 1.54) is 26.4 Å². The van der Waals surface area contributed by atoms with Crippen LogP contribution in [0.4, 0.5) is 0 Å². The number of primary amides is 1. The van der Waals surface area contributed by atoms with Gasteiger partial charge in [0.05, 0.1) is 14.2 Å². The summed E-state index contributed by atoms with van der Waals surface area (Å²) in [6.07, 6.45) is 3.34. The van der Waals surface area contributed by atoms with Crippen molar-refractivity contribution in [2.75, 3.05) is 14.2 Å². The zero-order chi connectivity index (χ0) is 12.8. The van der Waals surface area contributed by atoms with Gasteiger partial charge in [0, 0.05) is 17.2 Å². The maximum absolute atomic E-state index is 10.8. The van der Waals surface area contributed by atoms with Crippen molar-refractivity contribution >= 4 is 18.3 Å². The van der Waals surface area contributed by atoms with Crippen LogP contribution < -0.4 is 15.2 Å². The molecule has 0 bridgehead atoms. The van der Waals surface area contributed by atoms with Gasteiger partial charge in [-0.2, -0.15) is 0 Å². The molecule has 5 nitrogen and oxygen atoms in total. The van der Waals surface area contributed by atoms with Crippen molar-refractivity contribution in [3.63, 3.8) is 0 Å². The highest BCUT2D eigenvalue weighted by atomic mass is 16.5. The summed E-state index contributed by atoms with van der Waals surface area (Å²) in [5.74, 6) is 0.277. The third kappa shape index (κ3) is 3.07.